The summed E-state index contributed by atoms with van der Waals surface area (Å²) < 4.78 is 20.6. The molecule has 1 aromatic carbocycles. The Kier molecular flexibility index (Phi) is 8.15. The quantitative estimate of drug-likeness (QED) is 0.584. The van der Waals surface area contributed by atoms with E-state index in [2.05, 4.69) is 22.5 Å². The average molecular weight is 554 g/mol. The zero-order valence-corrected chi connectivity index (χ0v) is 23.2. The summed E-state index contributed by atoms with van der Waals surface area (Å²) in [5.74, 6) is 0.471. The number of aromatic nitrogens is 2. The van der Waals surface area contributed by atoms with Gasteiger partial charge in [-0.3, -0.25) is 9.59 Å². The number of benzene rings is 1. The second-order valence-electron chi connectivity index (χ2n) is 10.6. The van der Waals surface area contributed by atoms with Crippen molar-refractivity contribution in [1.82, 2.24) is 25.1 Å². The second-order valence-corrected chi connectivity index (χ2v) is 10.6. The molecule has 4 heterocycles. The van der Waals surface area contributed by atoms with E-state index in [1.807, 2.05) is 4.90 Å². The number of likely N-dealkylation sites (tertiary alicyclic amines) is 1. The lowest BCUT2D eigenvalue weighted by molar-refractivity contribution is -0.140. The summed E-state index contributed by atoms with van der Waals surface area (Å²) in [5, 5.41) is 5.09. The number of amides is 4. The van der Waals surface area contributed by atoms with Crippen molar-refractivity contribution in [2.75, 3.05) is 49.6 Å². The van der Waals surface area contributed by atoms with Crippen LogP contribution in [0.1, 0.15) is 44.9 Å². The first-order chi connectivity index (χ1) is 19.2. The molecule has 3 aliphatic heterocycles. The first-order valence-electron chi connectivity index (χ1n) is 13.9. The van der Waals surface area contributed by atoms with E-state index in [0.717, 1.165) is 17.1 Å². The Morgan fingerprint density at radius 2 is 1.88 bits per heavy atom. The van der Waals surface area contributed by atoms with E-state index in [9.17, 15) is 18.8 Å². The number of anilines is 2. The summed E-state index contributed by atoms with van der Waals surface area (Å²) >= 11 is 0. The van der Waals surface area contributed by atoms with Crippen LogP contribution in [0, 0.1) is 11.7 Å². The van der Waals surface area contributed by atoms with Crippen molar-refractivity contribution in [3.8, 4) is 11.4 Å². The number of hydrogen-bond donors (Lipinski definition) is 2. The lowest BCUT2D eigenvalue weighted by atomic mass is 9.95. The molecule has 12 heteroatoms. The van der Waals surface area contributed by atoms with E-state index in [0.29, 0.717) is 76.7 Å². The van der Waals surface area contributed by atoms with Crippen LogP contribution in [0.15, 0.2) is 18.2 Å². The van der Waals surface area contributed by atoms with Gasteiger partial charge in [0, 0.05) is 50.1 Å². The van der Waals surface area contributed by atoms with Crippen LogP contribution in [-0.2, 0) is 27.4 Å². The van der Waals surface area contributed by atoms with Crippen LogP contribution in [0.3, 0.4) is 0 Å². The van der Waals surface area contributed by atoms with Gasteiger partial charge in [-0.05, 0) is 44.9 Å². The van der Waals surface area contributed by atoms with E-state index in [4.69, 9.17) is 14.7 Å². The number of rotatable bonds is 5. The molecule has 214 valence electrons. The molecular formula is C28H36FN7O4. The number of nitrogens with zero attached hydrogens (tertiary/aromatic N) is 5. The number of ether oxygens (including phenoxy) is 1. The normalized spacial score (nSPS) is 19.4. The van der Waals surface area contributed by atoms with E-state index in [1.54, 1.807) is 24.8 Å². The third-order valence-electron chi connectivity index (χ3n) is 7.81. The molecule has 1 atom stereocenters. The predicted octanol–water partition coefficient (Wildman–Crippen LogP) is 2.75. The molecule has 2 N–H and O–H groups in total. The van der Waals surface area contributed by atoms with Gasteiger partial charge in [0.05, 0.1) is 43.7 Å². The minimum absolute atomic E-state index is 0.0380. The van der Waals surface area contributed by atoms with Crippen LogP contribution in [0.4, 0.5) is 20.7 Å². The van der Waals surface area contributed by atoms with E-state index in [-0.39, 0.29) is 29.5 Å². The number of piperidine rings is 1. The van der Waals surface area contributed by atoms with Crippen LogP contribution in [0.5, 0.6) is 0 Å². The number of carbonyl (C=O) groups excluding carboxylic acids is 3. The molecule has 1 aromatic heterocycles. The van der Waals surface area contributed by atoms with Gasteiger partial charge < -0.3 is 30.1 Å². The number of hydrogen-bond acceptors (Lipinski definition) is 7. The van der Waals surface area contributed by atoms with Crippen molar-refractivity contribution < 1.29 is 23.5 Å². The molecule has 3 aliphatic rings. The largest absolute Gasteiger partial charge is 0.377 e. The van der Waals surface area contributed by atoms with Gasteiger partial charge in [-0.2, -0.15) is 0 Å². The van der Waals surface area contributed by atoms with Crippen molar-refractivity contribution in [1.29, 1.82) is 0 Å². The summed E-state index contributed by atoms with van der Waals surface area (Å²) in [7, 11) is 0. The van der Waals surface area contributed by atoms with Crippen molar-refractivity contribution in [2.45, 2.75) is 52.7 Å². The maximum atomic E-state index is 15.0. The molecular weight excluding hydrogens is 517 g/mol. The van der Waals surface area contributed by atoms with Crippen LogP contribution in [0.25, 0.3) is 11.4 Å². The monoisotopic (exact) mass is 553 g/mol. The van der Waals surface area contributed by atoms with Gasteiger partial charge in [0.15, 0.2) is 5.82 Å². The summed E-state index contributed by atoms with van der Waals surface area (Å²) in [6.07, 6.45) is 1.29. The lowest BCUT2D eigenvalue weighted by Gasteiger charge is -2.35. The number of carbonyl (C=O) groups is 3. The van der Waals surface area contributed by atoms with Crippen LogP contribution < -0.4 is 15.5 Å². The number of morpholine rings is 1. The number of nitrogens with one attached hydrogen (secondary N) is 2. The van der Waals surface area contributed by atoms with Gasteiger partial charge in [0.2, 0.25) is 11.8 Å². The smallest absolute Gasteiger partial charge is 0.319 e. The standard InChI is InChI=1S/C28H36FN7O4/c1-4-30-28(39)32-23-6-5-20(13-22(23)29)25-31-24-15-35(27(38)19-7-9-34(10-8-19)18(3)37)14-21(24)26(33-25)36-11-12-40-16-17(36)2/h5-6,13,17,19H,4,7-12,14-16H2,1-3H3,(H2,30,32,39). The fraction of sp³-hybridized carbons (Fsp3) is 0.536. The minimum Gasteiger partial charge on any atom is -0.377 e. The van der Waals surface area contributed by atoms with E-state index >= 15 is 0 Å². The number of urea groups is 1. The fourth-order valence-corrected chi connectivity index (χ4v) is 5.58. The molecule has 0 saturated carbocycles. The lowest BCUT2D eigenvalue weighted by Crippen LogP contribution is -2.45. The molecule has 0 bridgehead atoms. The Balaban J connectivity index is 1.42. The summed E-state index contributed by atoms with van der Waals surface area (Å²) in [4.78, 5) is 52.6. The molecule has 0 spiro atoms. The first kappa shape index (κ1) is 27.8. The van der Waals surface area contributed by atoms with Gasteiger partial charge in [0.1, 0.15) is 11.6 Å². The van der Waals surface area contributed by atoms with Gasteiger partial charge in [-0.1, -0.05) is 0 Å². The molecule has 2 aromatic rings. The molecule has 2 fully saturated rings. The van der Waals surface area contributed by atoms with Gasteiger partial charge in [-0.15, -0.1) is 0 Å². The molecule has 40 heavy (non-hydrogen) atoms. The van der Waals surface area contributed by atoms with Crippen LogP contribution >= 0.6 is 0 Å². The number of fused-ring (bicyclic) bond motifs is 1. The Morgan fingerprint density at radius 3 is 2.55 bits per heavy atom. The first-order valence-corrected chi connectivity index (χ1v) is 13.9. The van der Waals surface area contributed by atoms with Crippen LogP contribution in [0.2, 0.25) is 0 Å². The van der Waals surface area contributed by atoms with E-state index in [1.165, 1.54) is 12.1 Å². The highest BCUT2D eigenvalue weighted by atomic mass is 19.1. The molecule has 1 unspecified atom stereocenters. The summed E-state index contributed by atoms with van der Waals surface area (Å²) in [6.45, 7) is 9.52. The zero-order chi connectivity index (χ0) is 28.4. The third kappa shape index (κ3) is 5.72. The predicted molar refractivity (Wildman–Crippen MR) is 147 cm³/mol. The minimum atomic E-state index is -0.595. The molecule has 0 radical (unpaired) electrons. The SMILES string of the molecule is CCNC(=O)Nc1ccc(-c2nc3c(c(N4CCOCC4C)n2)CN(C(=O)C2CCN(C(C)=O)CC2)C3)cc1F. The topological polar surface area (TPSA) is 120 Å². The summed E-state index contributed by atoms with van der Waals surface area (Å²) in [6, 6.07) is 4.08. The Hall–Kier alpha value is -3.80. The summed E-state index contributed by atoms with van der Waals surface area (Å²) in [5.41, 5.74) is 2.19. The Morgan fingerprint density at radius 1 is 1.10 bits per heavy atom. The van der Waals surface area contributed by atoms with E-state index < -0.39 is 11.8 Å². The highest BCUT2D eigenvalue weighted by Gasteiger charge is 2.36. The maximum Gasteiger partial charge on any atom is 0.319 e. The van der Waals surface area contributed by atoms with Crippen molar-refractivity contribution in [2.24, 2.45) is 5.92 Å². The molecule has 2 saturated heterocycles. The average Bonchev–Trinajstić information content (AvgIpc) is 3.38. The Bertz CT molecular complexity index is 1300. The Labute approximate surface area is 233 Å². The molecule has 5 rings (SSSR count). The van der Waals surface area contributed by atoms with Crippen molar-refractivity contribution in [3.05, 3.63) is 35.3 Å². The number of halogens is 1. The van der Waals surface area contributed by atoms with Gasteiger partial charge in [0.25, 0.3) is 0 Å². The van der Waals surface area contributed by atoms with Crippen molar-refractivity contribution in [3.63, 3.8) is 0 Å². The maximum absolute atomic E-state index is 15.0. The molecule has 11 nitrogen and oxygen atoms in total. The van der Waals surface area contributed by atoms with Crippen molar-refractivity contribution >= 4 is 29.4 Å². The highest BCUT2D eigenvalue weighted by Crippen LogP contribution is 2.35. The second kappa shape index (κ2) is 11.7. The third-order valence-corrected chi connectivity index (χ3v) is 7.81. The fourth-order valence-electron chi connectivity index (χ4n) is 5.58. The van der Waals surface area contributed by atoms with Gasteiger partial charge in [-0.25, -0.2) is 19.2 Å². The molecule has 4 amide bonds. The highest BCUT2D eigenvalue weighted by molar-refractivity contribution is 5.89. The zero-order valence-electron chi connectivity index (χ0n) is 23.2. The molecule has 0 aliphatic carbocycles. The van der Waals surface area contributed by atoms with Gasteiger partial charge >= 0.3 is 6.03 Å². The van der Waals surface area contributed by atoms with Crippen LogP contribution in [-0.4, -0.2) is 83.0 Å².